The van der Waals surface area contributed by atoms with Crippen molar-refractivity contribution < 1.29 is 18.9 Å². The predicted molar refractivity (Wildman–Crippen MR) is 92.5 cm³/mol. The van der Waals surface area contributed by atoms with Crippen LogP contribution in [-0.4, -0.2) is 12.6 Å². The first-order chi connectivity index (χ1) is 11.2. The van der Waals surface area contributed by atoms with Crippen molar-refractivity contribution in [2.24, 2.45) is 0 Å². The van der Waals surface area contributed by atoms with E-state index in [0.717, 1.165) is 23.0 Å². The summed E-state index contributed by atoms with van der Waals surface area (Å²) >= 11 is 3.38. The average Bonchev–Trinajstić information content (AvgIpc) is 3.23. The van der Waals surface area contributed by atoms with Gasteiger partial charge in [-0.1, -0.05) is 12.2 Å². The van der Waals surface area contributed by atoms with Crippen LogP contribution in [0.4, 0.5) is 0 Å². The van der Waals surface area contributed by atoms with E-state index in [4.69, 9.17) is 18.9 Å². The van der Waals surface area contributed by atoms with Crippen molar-refractivity contribution in [3.05, 3.63) is 33.7 Å². The Labute approximate surface area is 143 Å². The molecule has 5 rings (SSSR count). The molecule has 0 aromatic carbocycles. The number of thiophene rings is 2. The highest BCUT2D eigenvalue weighted by molar-refractivity contribution is 8.40. The van der Waals surface area contributed by atoms with Crippen LogP contribution in [0.2, 0.25) is 0 Å². The zero-order valence-corrected chi connectivity index (χ0v) is 14.9. The summed E-state index contributed by atoms with van der Waals surface area (Å²) in [6.45, 7) is 3.83. The fraction of sp³-hybridized carbons (Fsp3) is 0.250. The van der Waals surface area contributed by atoms with Crippen molar-refractivity contribution in [1.82, 2.24) is 0 Å². The highest BCUT2D eigenvalue weighted by Gasteiger charge is 2.41. The largest absolute Gasteiger partial charge is 0.450 e. The number of rotatable bonds is 2. The second-order valence-electron chi connectivity index (χ2n) is 5.41. The van der Waals surface area contributed by atoms with Crippen LogP contribution in [0, 0.1) is 0 Å². The van der Waals surface area contributed by atoms with Crippen molar-refractivity contribution in [1.29, 1.82) is 0 Å². The van der Waals surface area contributed by atoms with Crippen molar-refractivity contribution in [3.63, 3.8) is 0 Å². The standard InChI is InChI=1S/C16H14O4S3/c1-9-17-11-7-21-15(13(11)19-9)23(5-3-4-6-23)16-14-12(8-22-16)18-10(2)20-14/h3-10H,1-2H3. The number of allylic oxidation sites excluding steroid dienone is 2. The summed E-state index contributed by atoms with van der Waals surface area (Å²) in [7, 11) is -1.46. The molecule has 0 saturated carbocycles. The molecule has 3 aliphatic heterocycles. The molecule has 2 aromatic rings. The SMILES string of the molecule is CC1Oc2csc(S3(c4scc5c4OC(C)O5)C=CC=C3)c2O1. The summed E-state index contributed by atoms with van der Waals surface area (Å²) in [6, 6.07) is 0. The molecule has 2 aromatic heterocycles. The Kier molecular flexibility index (Phi) is 2.84. The summed E-state index contributed by atoms with van der Waals surface area (Å²) in [5, 5.41) is 8.61. The molecular formula is C16H14O4S3. The minimum atomic E-state index is -1.46. The zero-order valence-electron chi connectivity index (χ0n) is 12.5. The highest BCUT2D eigenvalue weighted by atomic mass is 32.3. The number of hydrogen-bond donors (Lipinski definition) is 0. The molecule has 5 heterocycles. The second kappa shape index (κ2) is 4.72. The maximum absolute atomic E-state index is 5.93. The van der Waals surface area contributed by atoms with Gasteiger partial charge in [0, 0.05) is 24.6 Å². The average molecular weight is 366 g/mol. The van der Waals surface area contributed by atoms with E-state index in [0.29, 0.717) is 0 Å². The molecule has 0 radical (unpaired) electrons. The summed E-state index contributed by atoms with van der Waals surface area (Å²) in [6.07, 6.45) is 3.75. The molecule has 3 aliphatic rings. The number of hydrogen-bond acceptors (Lipinski definition) is 6. The minimum Gasteiger partial charge on any atom is -0.450 e. The third kappa shape index (κ3) is 1.84. The van der Waals surface area contributed by atoms with Crippen molar-refractivity contribution in [3.8, 4) is 23.0 Å². The lowest BCUT2D eigenvalue weighted by Gasteiger charge is -2.30. The monoisotopic (exact) mass is 366 g/mol. The molecule has 0 N–H and O–H groups in total. The first-order valence-corrected chi connectivity index (χ1v) is 10.8. The third-order valence-electron chi connectivity index (χ3n) is 3.83. The Balaban J connectivity index is 1.70. The predicted octanol–water partition coefficient (Wildman–Crippen LogP) is 5.31. The summed E-state index contributed by atoms with van der Waals surface area (Å²) in [5.41, 5.74) is 0. The van der Waals surface area contributed by atoms with E-state index >= 15 is 0 Å². The molecule has 0 aliphatic carbocycles. The Morgan fingerprint density at radius 3 is 1.74 bits per heavy atom. The molecule has 2 atom stereocenters. The Morgan fingerprint density at radius 1 is 0.783 bits per heavy atom. The fourth-order valence-electron chi connectivity index (χ4n) is 2.92. The number of fused-ring (bicyclic) bond motifs is 2. The van der Waals surface area contributed by atoms with Gasteiger partial charge in [0.25, 0.3) is 0 Å². The van der Waals surface area contributed by atoms with Crippen LogP contribution in [-0.2, 0) is 0 Å². The van der Waals surface area contributed by atoms with Gasteiger partial charge in [-0.3, -0.25) is 0 Å². The van der Waals surface area contributed by atoms with Gasteiger partial charge in [0.05, 0.1) is 0 Å². The van der Waals surface area contributed by atoms with Gasteiger partial charge in [-0.05, 0) is 10.8 Å². The van der Waals surface area contributed by atoms with Crippen LogP contribution < -0.4 is 18.9 Å². The normalized spacial score (nSPS) is 26.9. The smallest absolute Gasteiger partial charge is 0.238 e. The Bertz CT molecular complexity index is 777. The van der Waals surface area contributed by atoms with Crippen LogP contribution in [0.5, 0.6) is 23.0 Å². The van der Waals surface area contributed by atoms with Gasteiger partial charge < -0.3 is 18.9 Å². The minimum absolute atomic E-state index is 0.230. The van der Waals surface area contributed by atoms with E-state index < -0.39 is 10.0 Å². The lowest BCUT2D eigenvalue weighted by molar-refractivity contribution is 0.0663. The number of ether oxygens (including phenoxy) is 4. The second-order valence-corrected chi connectivity index (χ2v) is 10.5. The lowest BCUT2D eigenvalue weighted by Crippen LogP contribution is -2.12. The van der Waals surface area contributed by atoms with E-state index in [9.17, 15) is 0 Å². The van der Waals surface area contributed by atoms with Crippen LogP contribution in [0.1, 0.15) is 13.8 Å². The molecule has 23 heavy (non-hydrogen) atoms. The fourth-order valence-corrected chi connectivity index (χ4v) is 9.42. The molecule has 0 spiro atoms. The van der Waals surface area contributed by atoms with Gasteiger partial charge in [0.1, 0.15) is 8.42 Å². The molecule has 0 saturated heterocycles. The van der Waals surface area contributed by atoms with Gasteiger partial charge in [-0.25, -0.2) is 0 Å². The highest BCUT2D eigenvalue weighted by Crippen LogP contribution is 2.76. The van der Waals surface area contributed by atoms with Crippen LogP contribution in [0.3, 0.4) is 0 Å². The van der Waals surface area contributed by atoms with Gasteiger partial charge in [0.2, 0.25) is 12.6 Å². The van der Waals surface area contributed by atoms with E-state index in [-0.39, 0.29) is 12.6 Å². The van der Waals surface area contributed by atoms with E-state index in [1.807, 2.05) is 24.6 Å². The van der Waals surface area contributed by atoms with Crippen molar-refractivity contribution in [2.75, 3.05) is 0 Å². The van der Waals surface area contributed by atoms with Gasteiger partial charge in [-0.15, -0.1) is 32.7 Å². The maximum Gasteiger partial charge on any atom is 0.238 e. The zero-order chi connectivity index (χ0) is 15.6. The van der Waals surface area contributed by atoms with Crippen molar-refractivity contribution in [2.45, 2.75) is 34.8 Å². The van der Waals surface area contributed by atoms with Crippen LogP contribution in [0.15, 0.2) is 42.1 Å². The van der Waals surface area contributed by atoms with E-state index in [1.165, 1.54) is 8.42 Å². The summed E-state index contributed by atoms with van der Waals surface area (Å²) in [5.74, 6) is 3.44. The van der Waals surface area contributed by atoms with Gasteiger partial charge >= 0.3 is 0 Å². The first-order valence-electron chi connectivity index (χ1n) is 7.25. The van der Waals surface area contributed by atoms with Crippen LogP contribution >= 0.6 is 32.7 Å². The molecular weight excluding hydrogens is 352 g/mol. The van der Waals surface area contributed by atoms with Crippen molar-refractivity contribution >= 4 is 32.7 Å². The first kappa shape index (κ1) is 13.8. The molecule has 120 valence electrons. The van der Waals surface area contributed by atoms with Gasteiger partial charge in [-0.2, -0.15) is 0 Å². The molecule has 4 nitrogen and oxygen atoms in total. The topological polar surface area (TPSA) is 36.9 Å². The van der Waals surface area contributed by atoms with E-state index in [2.05, 4.69) is 23.0 Å². The summed E-state index contributed by atoms with van der Waals surface area (Å²) < 4.78 is 25.7. The quantitative estimate of drug-likeness (QED) is 0.722. The molecule has 0 amide bonds. The lowest BCUT2D eigenvalue weighted by atomic mass is 10.5. The molecule has 0 bridgehead atoms. The van der Waals surface area contributed by atoms with Crippen LogP contribution in [0.25, 0.3) is 0 Å². The Hall–Kier alpha value is -1.57. The molecule has 0 fully saturated rings. The maximum atomic E-state index is 5.93. The molecule has 7 heteroatoms. The molecule has 2 unspecified atom stereocenters. The van der Waals surface area contributed by atoms with E-state index in [1.54, 1.807) is 22.7 Å². The van der Waals surface area contributed by atoms with Gasteiger partial charge in [0.15, 0.2) is 23.0 Å². The third-order valence-corrected chi connectivity index (χ3v) is 10.3. The summed E-state index contributed by atoms with van der Waals surface area (Å²) in [4.78, 5) is 0. The Morgan fingerprint density at radius 2 is 1.26 bits per heavy atom.